The van der Waals surface area contributed by atoms with Crippen molar-refractivity contribution in [3.05, 3.63) is 23.2 Å². The molecule has 1 aromatic rings. The number of hydrogen-bond acceptors (Lipinski definition) is 3. The van der Waals surface area contributed by atoms with E-state index in [2.05, 4.69) is 5.32 Å². The van der Waals surface area contributed by atoms with Crippen LogP contribution in [0.25, 0.3) is 0 Å². The van der Waals surface area contributed by atoms with E-state index >= 15 is 0 Å². The molecule has 4 nitrogen and oxygen atoms in total. The first kappa shape index (κ1) is 17.8. The Kier molecular flexibility index (Phi) is 5.65. The third kappa shape index (κ3) is 4.35. The molecule has 0 unspecified atom stereocenters. The van der Waals surface area contributed by atoms with Crippen LogP contribution >= 0.6 is 11.6 Å². The highest BCUT2D eigenvalue weighted by atomic mass is 35.5. The number of nitrogens with two attached hydrogens (primary N) is 1. The predicted octanol–water partition coefficient (Wildman–Crippen LogP) is 3.83. The molecule has 0 aliphatic carbocycles. The number of anilines is 1. The molecule has 0 aliphatic rings. The van der Waals surface area contributed by atoms with Crippen LogP contribution in [0.5, 0.6) is 5.75 Å². The summed E-state index contributed by atoms with van der Waals surface area (Å²) < 4.78 is 5.50. The van der Waals surface area contributed by atoms with Crippen LogP contribution in [-0.2, 0) is 4.79 Å². The van der Waals surface area contributed by atoms with Crippen molar-refractivity contribution in [2.24, 2.45) is 11.1 Å². The number of rotatable bonds is 6. The summed E-state index contributed by atoms with van der Waals surface area (Å²) in [5, 5.41) is 3.33. The van der Waals surface area contributed by atoms with Gasteiger partial charge < -0.3 is 15.8 Å². The average Bonchev–Trinajstić information content (AvgIpc) is 2.36. The Hall–Kier alpha value is -1.26. The number of carbonyl (C=O) groups excluding carboxylic acids is 1. The van der Waals surface area contributed by atoms with Crippen LogP contribution in [0, 0.1) is 5.41 Å². The summed E-state index contributed by atoms with van der Waals surface area (Å²) in [7, 11) is 0. The smallest absolute Gasteiger partial charge is 0.231 e. The van der Waals surface area contributed by atoms with Gasteiger partial charge in [-0.05, 0) is 52.3 Å². The van der Waals surface area contributed by atoms with E-state index in [1.807, 2.05) is 34.6 Å². The quantitative estimate of drug-likeness (QED) is 0.839. The van der Waals surface area contributed by atoms with Crippen LogP contribution in [0.2, 0.25) is 5.02 Å². The average molecular weight is 313 g/mol. The van der Waals surface area contributed by atoms with E-state index in [-0.39, 0.29) is 5.91 Å². The molecule has 5 heteroatoms. The SMILES string of the molecule is CCCOc1ccc(NC(=O)C(C)(C)C(C)(C)N)cc1Cl. The van der Waals surface area contributed by atoms with Gasteiger partial charge in [0, 0.05) is 11.2 Å². The van der Waals surface area contributed by atoms with Crippen LogP contribution in [0.1, 0.15) is 41.0 Å². The number of halogens is 1. The van der Waals surface area contributed by atoms with Crippen molar-refractivity contribution in [2.45, 2.75) is 46.6 Å². The minimum absolute atomic E-state index is 0.145. The van der Waals surface area contributed by atoms with Crippen LogP contribution in [-0.4, -0.2) is 18.1 Å². The van der Waals surface area contributed by atoms with Crippen molar-refractivity contribution >= 4 is 23.2 Å². The lowest BCUT2D eigenvalue weighted by atomic mass is 9.74. The molecule has 1 rings (SSSR count). The fraction of sp³-hybridized carbons (Fsp3) is 0.562. The minimum atomic E-state index is -0.711. The number of amides is 1. The zero-order valence-electron chi connectivity index (χ0n) is 13.4. The topological polar surface area (TPSA) is 64.3 Å². The van der Waals surface area contributed by atoms with Gasteiger partial charge in [0.25, 0.3) is 0 Å². The van der Waals surface area contributed by atoms with E-state index in [0.717, 1.165) is 6.42 Å². The molecule has 3 N–H and O–H groups in total. The van der Waals surface area contributed by atoms with Crippen LogP contribution in [0.15, 0.2) is 18.2 Å². The zero-order chi connectivity index (χ0) is 16.3. The standard InChI is InChI=1S/C16H25ClN2O2/c1-6-9-21-13-8-7-11(10-12(13)17)19-14(20)15(2,3)16(4,5)18/h7-8,10H,6,9,18H2,1-5H3,(H,19,20). The van der Waals surface area contributed by atoms with Gasteiger partial charge in [0.05, 0.1) is 17.0 Å². The Morgan fingerprint density at radius 1 is 1.33 bits per heavy atom. The Bertz CT molecular complexity index is 507. The minimum Gasteiger partial charge on any atom is -0.492 e. The Labute approximate surface area is 132 Å². The highest BCUT2D eigenvalue weighted by molar-refractivity contribution is 6.32. The van der Waals surface area contributed by atoms with E-state index in [9.17, 15) is 4.79 Å². The first-order valence-corrected chi connectivity index (χ1v) is 7.50. The van der Waals surface area contributed by atoms with Crippen molar-refractivity contribution in [1.82, 2.24) is 0 Å². The van der Waals surface area contributed by atoms with Gasteiger partial charge in [0.1, 0.15) is 5.75 Å². The summed E-state index contributed by atoms with van der Waals surface area (Å²) >= 11 is 6.15. The van der Waals surface area contributed by atoms with E-state index < -0.39 is 11.0 Å². The van der Waals surface area contributed by atoms with Gasteiger partial charge in [-0.2, -0.15) is 0 Å². The zero-order valence-corrected chi connectivity index (χ0v) is 14.2. The van der Waals surface area contributed by atoms with Gasteiger partial charge in [-0.15, -0.1) is 0 Å². The highest BCUT2D eigenvalue weighted by Crippen LogP contribution is 2.32. The van der Waals surface area contributed by atoms with Gasteiger partial charge in [-0.25, -0.2) is 0 Å². The molecule has 1 aromatic carbocycles. The summed E-state index contributed by atoms with van der Waals surface area (Å²) in [6.07, 6.45) is 0.911. The molecule has 0 spiro atoms. The predicted molar refractivity (Wildman–Crippen MR) is 87.9 cm³/mol. The van der Waals surface area contributed by atoms with Crippen LogP contribution in [0.3, 0.4) is 0 Å². The summed E-state index contributed by atoms with van der Waals surface area (Å²) in [6.45, 7) is 9.95. The van der Waals surface area contributed by atoms with Gasteiger partial charge in [-0.3, -0.25) is 4.79 Å². The van der Waals surface area contributed by atoms with E-state index in [0.29, 0.717) is 23.1 Å². The molecule has 0 heterocycles. The number of hydrogen-bond donors (Lipinski definition) is 2. The van der Waals surface area contributed by atoms with Gasteiger partial charge in [0.2, 0.25) is 5.91 Å². The van der Waals surface area contributed by atoms with E-state index in [4.69, 9.17) is 22.1 Å². The van der Waals surface area contributed by atoms with Crippen molar-refractivity contribution in [2.75, 3.05) is 11.9 Å². The molecule has 0 radical (unpaired) electrons. The number of ether oxygens (including phenoxy) is 1. The maximum atomic E-state index is 12.4. The molecule has 0 aliphatic heterocycles. The molecule has 0 bridgehead atoms. The van der Waals surface area contributed by atoms with Crippen LogP contribution in [0.4, 0.5) is 5.69 Å². The third-order valence-electron chi connectivity index (χ3n) is 3.83. The van der Waals surface area contributed by atoms with Crippen molar-refractivity contribution in [3.63, 3.8) is 0 Å². The molecular weight excluding hydrogens is 288 g/mol. The second-order valence-corrected chi connectivity index (χ2v) is 6.70. The summed E-state index contributed by atoms with van der Waals surface area (Å²) in [5.41, 5.74) is 5.36. The molecule has 0 saturated heterocycles. The first-order chi connectivity index (χ1) is 9.59. The lowest BCUT2D eigenvalue weighted by Crippen LogP contribution is -2.53. The summed E-state index contributed by atoms with van der Waals surface area (Å²) in [5.74, 6) is 0.475. The molecule has 0 fully saturated rings. The van der Waals surface area contributed by atoms with Crippen molar-refractivity contribution in [3.8, 4) is 5.75 Å². The lowest BCUT2D eigenvalue weighted by molar-refractivity contribution is -0.126. The van der Waals surface area contributed by atoms with Gasteiger partial charge in [-0.1, -0.05) is 18.5 Å². The Morgan fingerprint density at radius 3 is 2.43 bits per heavy atom. The maximum Gasteiger partial charge on any atom is 0.231 e. The highest BCUT2D eigenvalue weighted by Gasteiger charge is 2.40. The lowest BCUT2D eigenvalue weighted by Gasteiger charge is -2.36. The van der Waals surface area contributed by atoms with Gasteiger partial charge in [0.15, 0.2) is 0 Å². The number of carbonyl (C=O) groups is 1. The van der Waals surface area contributed by atoms with Gasteiger partial charge >= 0.3 is 0 Å². The van der Waals surface area contributed by atoms with Crippen molar-refractivity contribution < 1.29 is 9.53 Å². The monoisotopic (exact) mass is 312 g/mol. The van der Waals surface area contributed by atoms with Crippen LogP contribution < -0.4 is 15.8 Å². The molecule has 21 heavy (non-hydrogen) atoms. The largest absolute Gasteiger partial charge is 0.492 e. The molecule has 118 valence electrons. The number of nitrogens with one attached hydrogen (secondary N) is 1. The Morgan fingerprint density at radius 2 is 1.95 bits per heavy atom. The molecule has 0 aromatic heterocycles. The summed E-state index contributed by atoms with van der Waals surface area (Å²) in [4.78, 5) is 12.4. The second kappa shape index (κ2) is 6.67. The fourth-order valence-electron chi connectivity index (χ4n) is 1.49. The third-order valence-corrected chi connectivity index (χ3v) is 4.13. The molecule has 1 amide bonds. The van der Waals surface area contributed by atoms with E-state index in [1.54, 1.807) is 18.2 Å². The number of benzene rings is 1. The normalized spacial score (nSPS) is 12.1. The molecule has 0 atom stereocenters. The fourth-order valence-corrected chi connectivity index (χ4v) is 1.72. The van der Waals surface area contributed by atoms with Crippen molar-refractivity contribution in [1.29, 1.82) is 0 Å². The maximum absolute atomic E-state index is 12.4. The van der Waals surface area contributed by atoms with E-state index in [1.165, 1.54) is 0 Å². The second-order valence-electron chi connectivity index (χ2n) is 6.29. The first-order valence-electron chi connectivity index (χ1n) is 7.12. The Balaban J connectivity index is 2.85. The molecular formula is C16H25ClN2O2. The molecule has 0 saturated carbocycles. The summed E-state index contributed by atoms with van der Waals surface area (Å²) in [6, 6.07) is 5.21.